The van der Waals surface area contributed by atoms with Crippen molar-refractivity contribution in [3.05, 3.63) is 57.1 Å². The van der Waals surface area contributed by atoms with Gasteiger partial charge < -0.3 is 10.1 Å². The second kappa shape index (κ2) is 6.21. The lowest BCUT2D eigenvalue weighted by molar-refractivity contribution is -0.384. The molecule has 0 amide bonds. The van der Waals surface area contributed by atoms with Crippen molar-refractivity contribution in [3.63, 3.8) is 0 Å². The van der Waals surface area contributed by atoms with Crippen LogP contribution in [-0.2, 0) is 6.54 Å². The molecule has 2 aromatic carbocycles. The Labute approximate surface area is 136 Å². The number of fused-ring (bicyclic) bond motifs is 1. The largest absolute Gasteiger partial charge is 0.496 e. The highest BCUT2D eigenvalue weighted by Gasteiger charge is 2.11. The SMILES string of the molecule is COc1ccc([N+](=O)[O-])cc1CNc1ccc2nc(C)sc2c1. The normalized spacial score (nSPS) is 10.7. The van der Waals surface area contributed by atoms with Crippen LogP contribution in [0.2, 0.25) is 0 Å². The van der Waals surface area contributed by atoms with E-state index < -0.39 is 4.92 Å². The van der Waals surface area contributed by atoms with Gasteiger partial charge in [0, 0.05) is 29.9 Å². The number of aryl methyl sites for hydroxylation is 1. The average Bonchev–Trinajstić information content (AvgIpc) is 2.91. The summed E-state index contributed by atoms with van der Waals surface area (Å²) in [6, 6.07) is 10.5. The number of rotatable bonds is 5. The van der Waals surface area contributed by atoms with Crippen LogP contribution in [0, 0.1) is 17.0 Å². The number of benzene rings is 2. The van der Waals surface area contributed by atoms with Crippen molar-refractivity contribution in [1.29, 1.82) is 0 Å². The van der Waals surface area contributed by atoms with Crippen LogP contribution in [0.1, 0.15) is 10.6 Å². The average molecular weight is 329 g/mol. The Morgan fingerprint density at radius 2 is 2.13 bits per heavy atom. The number of aromatic nitrogens is 1. The summed E-state index contributed by atoms with van der Waals surface area (Å²) < 4.78 is 6.38. The molecule has 0 aliphatic heterocycles. The second-order valence-electron chi connectivity index (χ2n) is 5.02. The quantitative estimate of drug-likeness (QED) is 0.562. The maximum absolute atomic E-state index is 10.9. The third-order valence-electron chi connectivity index (χ3n) is 3.45. The summed E-state index contributed by atoms with van der Waals surface area (Å²) in [4.78, 5) is 14.9. The molecule has 3 rings (SSSR count). The molecule has 0 radical (unpaired) electrons. The molecule has 1 heterocycles. The van der Waals surface area contributed by atoms with Crippen molar-refractivity contribution in [2.24, 2.45) is 0 Å². The van der Waals surface area contributed by atoms with Crippen LogP contribution < -0.4 is 10.1 Å². The minimum atomic E-state index is -0.408. The van der Waals surface area contributed by atoms with Crippen molar-refractivity contribution >= 4 is 32.9 Å². The molecule has 0 aliphatic rings. The van der Waals surface area contributed by atoms with Gasteiger partial charge in [-0.1, -0.05) is 0 Å². The van der Waals surface area contributed by atoms with E-state index in [1.807, 2.05) is 25.1 Å². The summed E-state index contributed by atoms with van der Waals surface area (Å²) in [6.45, 7) is 2.42. The van der Waals surface area contributed by atoms with Crippen LogP contribution in [0.5, 0.6) is 5.75 Å². The van der Waals surface area contributed by atoms with Gasteiger partial charge in [0.15, 0.2) is 0 Å². The standard InChI is InChI=1S/C16H15N3O3S/c1-10-18-14-5-3-12(8-16(14)23-10)17-9-11-7-13(19(20)21)4-6-15(11)22-2/h3-8,17H,9H2,1-2H3. The van der Waals surface area contributed by atoms with Gasteiger partial charge in [0.1, 0.15) is 5.75 Å². The van der Waals surface area contributed by atoms with Crippen molar-refractivity contribution in [3.8, 4) is 5.75 Å². The molecule has 3 aromatic rings. The third kappa shape index (κ3) is 3.24. The minimum absolute atomic E-state index is 0.0520. The Morgan fingerprint density at radius 3 is 2.87 bits per heavy atom. The van der Waals surface area contributed by atoms with Crippen molar-refractivity contribution in [2.75, 3.05) is 12.4 Å². The summed E-state index contributed by atoms with van der Waals surface area (Å²) in [7, 11) is 1.55. The summed E-state index contributed by atoms with van der Waals surface area (Å²) >= 11 is 1.64. The van der Waals surface area contributed by atoms with E-state index >= 15 is 0 Å². The zero-order valence-electron chi connectivity index (χ0n) is 12.7. The van der Waals surface area contributed by atoms with Gasteiger partial charge in [-0.25, -0.2) is 4.98 Å². The predicted octanol–water partition coefficient (Wildman–Crippen LogP) is 4.13. The number of nitrogens with one attached hydrogen (secondary N) is 1. The predicted molar refractivity (Wildman–Crippen MR) is 91.3 cm³/mol. The number of anilines is 1. The molecule has 6 nitrogen and oxygen atoms in total. The lowest BCUT2D eigenvalue weighted by Crippen LogP contribution is -2.02. The molecule has 0 aliphatic carbocycles. The molecule has 0 bridgehead atoms. The fourth-order valence-corrected chi connectivity index (χ4v) is 3.23. The first-order chi connectivity index (χ1) is 11.1. The minimum Gasteiger partial charge on any atom is -0.496 e. The van der Waals surface area contributed by atoms with Crippen LogP contribution in [0.4, 0.5) is 11.4 Å². The van der Waals surface area contributed by atoms with E-state index in [2.05, 4.69) is 10.3 Å². The van der Waals surface area contributed by atoms with E-state index in [9.17, 15) is 10.1 Å². The van der Waals surface area contributed by atoms with E-state index in [1.54, 1.807) is 24.5 Å². The van der Waals surface area contributed by atoms with Gasteiger partial charge in [0.05, 0.1) is 27.3 Å². The highest BCUT2D eigenvalue weighted by atomic mass is 32.1. The molecule has 0 unspecified atom stereocenters. The lowest BCUT2D eigenvalue weighted by atomic mass is 10.1. The van der Waals surface area contributed by atoms with Crippen molar-refractivity contribution in [1.82, 2.24) is 4.98 Å². The molecule has 0 atom stereocenters. The monoisotopic (exact) mass is 329 g/mol. The first-order valence-corrected chi connectivity index (χ1v) is 7.81. The van der Waals surface area contributed by atoms with E-state index in [0.29, 0.717) is 12.3 Å². The maximum Gasteiger partial charge on any atom is 0.270 e. The molecular weight excluding hydrogens is 314 g/mol. The molecule has 0 saturated carbocycles. The number of ether oxygens (including phenoxy) is 1. The van der Waals surface area contributed by atoms with E-state index in [1.165, 1.54) is 12.1 Å². The molecule has 1 aromatic heterocycles. The number of nitro benzene ring substituents is 1. The fraction of sp³-hybridized carbons (Fsp3) is 0.188. The Morgan fingerprint density at radius 1 is 1.30 bits per heavy atom. The van der Waals surface area contributed by atoms with Gasteiger partial charge in [-0.2, -0.15) is 0 Å². The molecule has 7 heteroatoms. The van der Waals surface area contributed by atoms with Crippen LogP contribution in [0.3, 0.4) is 0 Å². The smallest absolute Gasteiger partial charge is 0.270 e. The molecule has 0 spiro atoms. The van der Waals surface area contributed by atoms with Crippen LogP contribution in [-0.4, -0.2) is 17.0 Å². The Balaban J connectivity index is 1.83. The first-order valence-electron chi connectivity index (χ1n) is 6.99. The van der Waals surface area contributed by atoms with E-state index in [-0.39, 0.29) is 5.69 Å². The lowest BCUT2D eigenvalue weighted by Gasteiger charge is -2.10. The number of nitrogens with zero attached hydrogens (tertiary/aromatic N) is 2. The van der Waals surface area contributed by atoms with Crippen molar-refractivity contribution < 1.29 is 9.66 Å². The molecular formula is C16H15N3O3S. The van der Waals surface area contributed by atoms with E-state index in [0.717, 1.165) is 26.5 Å². The molecule has 23 heavy (non-hydrogen) atoms. The van der Waals surface area contributed by atoms with Gasteiger partial charge in [-0.3, -0.25) is 10.1 Å². The molecule has 118 valence electrons. The Kier molecular flexibility index (Phi) is 4.12. The topological polar surface area (TPSA) is 77.3 Å². The number of methoxy groups -OCH3 is 1. The van der Waals surface area contributed by atoms with Gasteiger partial charge in [-0.15, -0.1) is 11.3 Å². The second-order valence-corrected chi connectivity index (χ2v) is 6.26. The van der Waals surface area contributed by atoms with Crippen molar-refractivity contribution in [2.45, 2.75) is 13.5 Å². The fourth-order valence-electron chi connectivity index (χ4n) is 2.36. The van der Waals surface area contributed by atoms with E-state index in [4.69, 9.17) is 4.74 Å². The number of thiazole rings is 1. The summed E-state index contributed by atoms with van der Waals surface area (Å²) in [5.41, 5.74) is 2.71. The van der Waals surface area contributed by atoms with Crippen LogP contribution in [0.15, 0.2) is 36.4 Å². The highest BCUT2D eigenvalue weighted by Crippen LogP contribution is 2.27. The zero-order chi connectivity index (χ0) is 16.4. The number of nitro groups is 1. The molecule has 0 saturated heterocycles. The van der Waals surface area contributed by atoms with Gasteiger partial charge in [-0.05, 0) is 31.2 Å². The van der Waals surface area contributed by atoms with Crippen LogP contribution in [0.25, 0.3) is 10.2 Å². The summed E-state index contributed by atoms with van der Waals surface area (Å²) in [5.74, 6) is 0.623. The van der Waals surface area contributed by atoms with Gasteiger partial charge >= 0.3 is 0 Å². The third-order valence-corrected chi connectivity index (χ3v) is 4.39. The highest BCUT2D eigenvalue weighted by molar-refractivity contribution is 7.18. The maximum atomic E-state index is 10.9. The first kappa shape index (κ1) is 15.2. The number of hydrogen-bond acceptors (Lipinski definition) is 6. The zero-order valence-corrected chi connectivity index (χ0v) is 13.5. The number of hydrogen-bond donors (Lipinski definition) is 1. The number of non-ortho nitro benzene ring substituents is 1. The Bertz CT molecular complexity index is 876. The van der Waals surface area contributed by atoms with Gasteiger partial charge in [0.2, 0.25) is 0 Å². The van der Waals surface area contributed by atoms with Crippen LogP contribution >= 0.6 is 11.3 Å². The Hall–Kier alpha value is -2.67. The molecule has 0 fully saturated rings. The summed E-state index contributed by atoms with van der Waals surface area (Å²) in [6.07, 6.45) is 0. The van der Waals surface area contributed by atoms with Gasteiger partial charge in [0.25, 0.3) is 5.69 Å². The summed E-state index contributed by atoms with van der Waals surface area (Å²) in [5, 5.41) is 15.2. The molecule has 1 N–H and O–H groups in total.